The van der Waals surface area contributed by atoms with Crippen LogP contribution in [0, 0.1) is 12.7 Å². The van der Waals surface area contributed by atoms with Crippen LogP contribution in [0.1, 0.15) is 5.56 Å². The fourth-order valence-corrected chi connectivity index (χ4v) is 2.56. The van der Waals surface area contributed by atoms with Crippen LogP contribution in [0.5, 0.6) is 0 Å². The minimum atomic E-state index is -0.333. The average Bonchev–Trinajstić information content (AvgIpc) is 2.51. The first-order chi connectivity index (χ1) is 11.1. The van der Waals surface area contributed by atoms with E-state index < -0.39 is 0 Å². The largest absolute Gasteiger partial charge is 0.338 e. The third-order valence-corrected chi connectivity index (χ3v) is 3.68. The standard InChI is InChI=1S/C16H13BrFN5/c1-10-5-6-14(13(17)7-10)21-15-9-19-23-16(22-15)20-12-4-2-3-11(18)8-12/h2-9H,1H3,(H2,20,21,22,23). The van der Waals surface area contributed by atoms with E-state index in [9.17, 15) is 4.39 Å². The lowest BCUT2D eigenvalue weighted by molar-refractivity contribution is 0.628. The topological polar surface area (TPSA) is 62.7 Å². The van der Waals surface area contributed by atoms with Gasteiger partial charge in [-0.3, -0.25) is 0 Å². The van der Waals surface area contributed by atoms with Crippen molar-refractivity contribution in [2.45, 2.75) is 6.92 Å². The van der Waals surface area contributed by atoms with E-state index in [1.54, 1.807) is 12.1 Å². The van der Waals surface area contributed by atoms with Gasteiger partial charge in [0.1, 0.15) is 5.82 Å². The van der Waals surface area contributed by atoms with Gasteiger partial charge in [0.2, 0.25) is 5.95 Å². The number of nitrogens with one attached hydrogen (secondary N) is 2. The van der Waals surface area contributed by atoms with Gasteiger partial charge in [-0.2, -0.15) is 10.1 Å². The summed E-state index contributed by atoms with van der Waals surface area (Å²) >= 11 is 3.50. The molecule has 2 N–H and O–H groups in total. The zero-order chi connectivity index (χ0) is 16.2. The molecule has 3 aromatic rings. The molecule has 1 heterocycles. The SMILES string of the molecule is Cc1ccc(Nc2cnnc(Nc3cccc(F)c3)n2)c(Br)c1. The second-order valence-electron chi connectivity index (χ2n) is 4.91. The summed E-state index contributed by atoms with van der Waals surface area (Å²) in [5.74, 6) is 0.480. The molecule has 1 aromatic heterocycles. The van der Waals surface area contributed by atoms with E-state index >= 15 is 0 Å². The van der Waals surface area contributed by atoms with Crippen LogP contribution in [-0.2, 0) is 0 Å². The molecule has 0 aliphatic carbocycles. The van der Waals surface area contributed by atoms with Gasteiger partial charge >= 0.3 is 0 Å². The predicted molar refractivity (Wildman–Crippen MR) is 91.7 cm³/mol. The van der Waals surface area contributed by atoms with Gasteiger partial charge in [0.25, 0.3) is 0 Å². The molecule has 0 fully saturated rings. The minimum absolute atomic E-state index is 0.281. The molecule has 2 aromatic carbocycles. The van der Waals surface area contributed by atoms with Crippen molar-refractivity contribution >= 4 is 39.1 Å². The maximum Gasteiger partial charge on any atom is 0.249 e. The number of aryl methyl sites for hydroxylation is 1. The van der Waals surface area contributed by atoms with E-state index in [2.05, 4.69) is 41.7 Å². The number of hydrogen-bond donors (Lipinski definition) is 2. The molecule has 5 nitrogen and oxygen atoms in total. The third kappa shape index (κ3) is 4.01. The van der Waals surface area contributed by atoms with E-state index in [4.69, 9.17) is 0 Å². The molecule has 0 saturated heterocycles. The fourth-order valence-electron chi connectivity index (χ4n) is 1.97. The zero-order valence-corrected chi connectivity index (χ0v) is 13.8. The lowest BCUT2D eigenvalue weighted by Gasteiger charge is -2.09. The lowest BCUT2D eigenvalue weighted by Crippen LogP contribution is -2.02. The van der Waals surface area contributed by atoms with Crippen molar-refractivity contribution in [2.75, 3.05) is 10.6 Å². The van der Waals surface area contributed by atoms with Gasteiger partial charge in [0.15, 0.2) is 5.82 Å². The first-order valence-corrected chi connectivity index (χ1v) is 7.65. The maximum atomic E-state index is 13.2. The Balaban J connectivity index is 1.79. The van der Waals surface area contributed by atoms with Crippen LogP contribution in [0.2, 0.25) is 0 Å². The predicted octanol–water partition coefficient (Wildman–Crippen LogP) is 4.57. The highest BCUT2D eigenvalue weighted by Gasteiger charge is 2.05. The summed E-state index contributed by atoms with van der Waals surface area (Å²) in [6.07, 6.45) is 1.52. The number of nitrogens with zero attached hydrogens (tertiary/aromatic N) is 3. The number of halogens is 2. The van der Waals surface area contributed by atoms with Crippen molar-refractivity contribution < 1.29 is 4.39 Å². The molecule has 7 heteroatoms. The number of benzene rings is 2. The van der Waals surface area contributed by atoms with Crippen LogP contribution in [0.4, 0.5) is 27.5 Å². The summed E-state index contributed by atoms with van der Waals surface area (Å²) in [6, 6.07) is 12.0. The van der Waals surface area contributed by atoms with E-state index in [0.717, 1.165) is 15.7 Å². The minimum Gasteiger partial charge on any atom is -0.338 e. The number of rotatable bonds is 4. The third-order valence-electron chi connectivity index (χ3n) is 3.03. The quantitative estimate of drug-likeness (QED) is 0.701. The Morgan fingerprint density at radius 1 is 1.09 bits per heavy atom. The fraction of sp³-hybridized carbons (Fsp3) is 0.0625. The van der Waals surface area contributed by atoms with Crippen LogP contribution in [-0.4, -0.2) is 15.2 Å². The van der Waals surface area contributed by atoms with E-state index in [1.807, 2.05) is 25.1 Å². The van der Waals surface area contributed by atoms with Crippen molar-refractivity contribution in [3.63, 3.8) is 0 Å². The van der Waals surface area contributed by atoms with Crippen molar-refractivity contribution in [2.24, 2.45) is 0 Å². The highest BCUT2D eigenvalue weighted by atomic mass is 79.9. The number of aromatic nitrogens is 3. The molecule has 0 amide bonds. The first kappa shape index (κ1) is 15.4. The molecule has 0 unspecified atom stereocenters. The Morgan fingerprint density at radius 3 is 2.74 bits per heavy atom. The Hall–Kier alpha value is -2.54. The van der Waals surface area contributed by atoms with Crippen molar-refractivity contribution in [1.82, 2.24) is 15.2 Å². The van der Waals surface area contributed by atoms with Gasteiger partial charge < -0.3 is 10.6 Å². The summed E-state index contributed by atoms with van der Waals surface area (Å²) in [6.45, 7) is 2.02. The van der Waals surface area contributed by atoms with Crippen LogP contribution >= 0.6 is 15.9 Å². The Morgan fingerprint density at radius 2 is 1.96 bits per heavy atom. The summed E-state index contributed by atoms with van der Waals surface area (Å²) < 4.78 is 14.1. The molecule has 0 bridgehead atoms. The molecular weight excluding hydrogens is 361 g/mol. The van der Waals surface area contributed by atoms with Crippen LogP contribution in [0.25, 0.3) is 0 Å². The molecule has 0 spiro atoms. The van der Waals surface area contributed by atoms with Crippen LogP contribution in [0.3, 0.4) is 0 Å². The normalized spacial score (nSPS) is 10.4. The smallest absolute Gasteiger partial charge is 0.249 e. The van der Waals surface area contributed by atoms with E-state index in [-0.39, 0.29) is 11.8 Å². The van der Waals surface area contributed by atoms with E-state index in [1.165, 1.54) is 18.3 Å². The Bertz CT molecular complexity index is 840. The molecule has 0 saturated carbocycles. The summed E-state index contributed by atoms with van der Waals surface area (Å²) in [5, 5.41) is 13.9. The molecular formula is C16H13BrFN5. The summed E-state index contributed by atoms with van der Waals surface area (Å²) in [5.41, 5.74) is 2.57. The van der Waals surface area contributed by atoms with Crippen LogP contribution < -0.4 is 10.6 Å². The second kappa shape index (κ2) is 6.70. The van der Waals surface area contributed by atoms with Gasteiger partial charge in [0.05, 0.1) is 11.9 Å². The highest BCUT2D eigenvalue weighted by molar-refractivity contribution is 9.10. The summed E-state index contributed by atoms with van der Waals surface area (Å²) in [7, 11) is 0. The molecule has 0 atom stereocenters. The highest BCUT2D eigenvalue weighted by Crippen LogP contribution is 2.26. The zero-order valence-electron chi connectivity index (χ0n) is 12.2. The number of hydrogen-bond acceptors (Lipinski definition) is 5. The molecule has 116 valence electrons. The maximum absolute atomic E-state index is 13.2. The van der Waals surface area contributed by atoms with Gasteiger partial charge in [0, 0.05) is 10.2 Å². The van der Waals surface area contributed by atoms with Gasteiger partial charge in [-0.05, 0) is 58.7 Å². The van der Waals surface area contributed by atoms with Crippen molar-refractivity contribution in [3.05, 3.63) is 64.5 Å². The summed E-state index contributed by atoms with van der Waals surface area (Å²) in [4.78, 5) is 4.32. The Labute approximate surface area is 141 Å². The molecule has 23 heavy (non-hydrogen) atoms. The van der Waals surface area contributed by atoms with Crippen LogP contribution in [0.15, 0.2) is 53.1 Å². The Kier molecular flexibility index (Phi) is 4.47. The van der Waals surface area contributed by atoms with Gasteiger partial charge in [-0.15, -0.1) is 5.10 Å². The molecule has 3 rings (SSSR count). The second-order valence-corrected chi connectivity index (χ2v) is 5.76. The van der Waals surface area contributed by atoms with Gasteiger partial charge in [-0.1, -0.05) is 12.1 Å². The van der Waals surface area contributed by atoms with Crippen molar-refractivity contribution in [1.29, 1.82) is 0 Å². The molecule has 0 radical (unpaired) electrons. The van der Waals surface area contributed by atoms with E-state index in [0.29, 0.717) is 11.5 Å². The lowest BCUT2D eigenvalue weighted by atomic mass is 10.2. The monoisotopic (exact) mass is 373 g/mol. The first-order valence-electron chi connectivity index (χ1n) is 6.86. The average molecular weight is 374 g/mol. The number of anilines is 4. The molecule has 0 aliphatic heterocycles. The van der Waals surface area contributed by atoms with Crippen molar-refractivity contribution in [3.8, 4) is 0 Å². The molecule has 0 aliphatic rings. The van der Waals surface area contributed by atoms with Gasteiger partial charge in [-0.25, -0.2) is 4.39 Å².